The maximum atomic E-state index is 11.0. The normalized spacial score (nSPS) is 18.2. The van der Waals surface area contributed by atoms with Gasteiger partial charge < -0.3 is 15.4 Å². The predicted molar refractivity (Wildman–Crippen MR) is 84.9 cm³/mol. The Morgan fingerprint density at radius 3 is 2.95 bits per heavy atom. The first-order chi connectivity index (χ1) is 10.7. The second-order valence-corrected chi connectivity index (χ2v) is 5.10. The van der Waals surface area contributed by atoms with E-state index in [9.17, 15) is 10.1 Å². The lowest BCUT2D eigenvalue weighted by molar-refractivity contribution is -0.385. The number of hydrogen-bond donors (Lipinski definition) is 2. The largest absolute Gasteiger partial charge is 0.376 e. The number of ether oxygens (including phenoxy) is 1. The Morgan fingerprint density at radius 1 is 1.45 bits per heavy atom. The molecule has 1 fully saturated rings. The van der Waals surface area contributed by atoms with E-state index in [1.54, 1.807) is 18.2 Å². The molecule has 0 amide bonds. The van der Waals surface area contributed by atoms with Crippen LogP contribution in [0.3, 0.4) is 0 Å². The molecule has 0 saturated carbocycles. The summed E-state index contributed by atoms with van der Waals surface area (Å²) < 4.78 is 5.56. The average Bonchev–Trinajstić information content (AvgIpc) is 3.03. The first-order valence-electron chi connectivity index (χ1n) is 7.56. The van der Waals surface area contributed by atoms with Gasteiger partial charge in [0, 0.05) is 25.8 Å². The first kappa shape index (κ1) is 16.2. The lowest BCUT2D eigenvalue weighted by Crippen LogP contribution is -2.41. The Kier molecular flexibility index (Phi) is 6.14. The number of rotatable bonds is 6. The number of benzene rings is 1. The van der Waals surface area contributed by atoms with E-state index in [1.165, 1.54) is 6.07 Å². The van der Waals surface area contributed by atoms with Crippen molar-refractivity contribution in [2.24, 2.45) is 4.99 Å². The zero-order valence-electron chi connectivity index (χ0n) is 12.7. The number of aliphatic imine (C=N–C) groups is 1. The molecule has 0 spiro atoms. The molecule has 1 aliphatic rings. The fourth-order valence-corrected chi connectivity index (χ4v) is 2.34. The van der Waals surface area contributed by atoms with Gasteiger partial charge in [-0.15, -0.1) is 0 Å². The summed E-state index contributed by atoms with van der Waals surface area (Å²) in [6.45, 7) is 4.49. The number of para-hydroxylation sites is 1. The third kappa shape index (κ3) is 4.70. The van der Waals surface area contributed by atoms with Crippen LogP contribution in [-0.2, 0) is 11.3 Å². The molecule has 1 aliphatic heterocycles. The van der Waals surface area contributed by atoms with Gasteiger partial charge in [-0.05, 0) is 19.8 Å². The molecular weight excluding hydrogens is 284 g/mol. The molecule has 2 N–H and O–H groups in total. The lowest BCUT2D eigenvalue weighted by atomic mass is 10.2. The van der Waals surface area contributed by atoms with Crippen LogP contribution in [0, 0.1) is 10.1 Å². The molecule has 1 unspecified atom stereocenters. The molecule has 0 bridgehead atoms. The number of guanidine groups is 1. The minimum absolute atomic E-state index is 0.0984. The van der Waals surface area contributed by atoms with Crippen LogP contribution in [0.2, 0.25) is 0 Å². The monoisotopic (exact) mass is 306 g/mol. The van der Waals surface area contributed by atoms with Gasteiger partial charge in [0.2, 0.25) is 0 Å². The van der Waals surface area contributed by atoms with Crippen LogP contribution in [0.25, 0.3) is 0 Å². The average molecular weight is 306 g/mol. The minimum atomic E-state index is -0.377. The Hall–Kier alpha value is -2.15. The van der Waals surface area contributed by atoms with E-state index in [4.69, 9.17) is 4.74 Å². The van der Waals surface area contributed by atoms with E-state index in [0.29, 0.717) is 18.1 Å². The molecule has 0 radical (unpaired) electrons. The Balaban J connectivity index is 1.98. The van der Waals surface area contributed by atoms with E-state index < -0.39 is 0 Å². The molecular formula is C15H22N4O3. The summed E-state index contributed by atoms with van der Waals surface area (Å²) in [4.78, 5) is 15.0. The predicted octanol–water partition coefficient (Wildman–Crippen LogP) is 1.83. The maximum Gasteiger partial charge on any atom is 0.274 e. The highest BCUT2D eigenvalue weighted by Crippen LogP contribution is 2.18. The van der Waals surface area contributed by atoms with E-state index in [1.807, 2.05) is 6.92 Å². The highest BCUT2D eigenvalue weighted by Gasteiger charge is 2.16. The molecule has 1 atom stereocenters. The van der Waals surface area contributed by atoms with Gasteiger partial charge in [-0.3, -0.25) is 10.1 Å². The summed E-state index contributed by atoms with van der Waals surface area (Å²) >= 11 is 0. The topological polar surface area (TPSA) is 88.8 Å². The molecule has 1 aromatic carbocycles. The van der Waals surface area contributed by atoms with Crippen molar-refractivity contribution in [3.63, 3.8) is 0 Å². The molecule has 120 valence electrons. The third-order valence-electron chi connectivity index (χ3n) is 3.46. The zero-order valence-corrected chi connectivity index (χ0v) is 12.7. The van der Waals surface area contributed by atoms with E-state index in [2.05, 4.69) is 15.6 Å². The molecule has 1 saturated heterocycles. The second-order valence-electron chi connectivity index (χ2n) is 5.10. The van der Waals surface area contributed by atoms with Crippen LogP contribution in [-0.4, -0.2) is 36.7 Å². The van der Waals surface area contributed by atoms with Crippen LogP contribution >= 0.6 is 0 Å². The second kappa shape index (κ2) is 8.33. The van der Waals surface area contributed by atoms with Gasteiger partial charge in [-0.25, -0.2) is 4.99 Å². The summed E-state index contributed by atoms with van der Waals surface area (Å²) in [6.07, 6.45) is 2.36. The smallest absolute Gasteiger partial charge is 0.274 e. The van der Waals surface area contributed by atoms with Crippen molar-refractivity contribution in [1.82, 2.24) is 10.6 Å². The van der Waals surface area contributed by atoms with Gasteiger partial charge in [-0.2, -0.15) is 0 Å². The lowest BCUT2D eigenvalue weighted by Gasteiger charge is -2.14. The zero-order chi connectivity index (χ0) is 15.8. The van der Waals surface area contributed by atoms with Gasteiger partial charge in [0.05, 0.1) is 23.1 Å². The van der Waals surface area contributed by atoms with Crippen molar-refractivity contribution in [3.8, 4) is 0 Å². The highest BCUT2D eigenvalue weighted by molar-refractivity contribution is 5.79. The Bertz CT molecular complexity index is 527. The molecule has 2 rings (SSSR count). The maximum absolute atomic E-state index is 11.0. The number of nitrogens with zero attached hydrogens (tertiary/aromatic N) is 2. The minimum Gasteiger partial charge on any atom is -0.376 e. The standard InChI is InChI=1S/C15H22N4O3/c1-2-16-15(18-11-13-7-5-9-22-13)17-10-12-6-3-4-8-14(12)19(20)21/h3-4,6,8,13H,2,5,7,9-11H2,1H3,(H2,16,17,18). The summed E-state index contributed by atoms with van der Waals surface area (Å²) in [6, 6.07) is 6.67. The van der Waals surface area contributed by atoms with Crippen molar-refractivity contribution in [1.29, 1.82) is 0 Å². The summed E-state index contributed by atoms with van der Waals surface area (Å²) in [5.74, 6) is 0.649. The highest BCUT2D eigenvalue weighted by atomic mass is 16.6. The van der Waals surface area contributed by atoms with Crippen molar-refractivity contribution in [2.45, 2.75) is 32.4 Å². The quantitative estimate of drug-likeness (QED) is 0.362. The first-order valence-corrected chi connectivity index (χ1v) is 7.56. The number of nitro groups is 1. The molecule has 7 nitrogen and oxygen atoms in total. The summed E-state index contributed by atoms with van der Waals surface area (Å²) in [5.41, 5.74) is 0.697. The van der Waals surface area contributed by atoms with Crippen LogP contribution in [0.1, 0.15) is 25.3 Å². The number of nitrogens with one attached hydrogen (secondary N) is 2. The Morgan fingerprint density at radius 2 is 2.27 bits per heavy atom. The molecule has 22 heavy (non-hydrogen) atoms. The number of hydrogen-bond acceptors (Lipinski definition) is 4. The fourth-order valence-electron chi connectivity index (χ4n) is 2.34. The molecule has 1 aromatic rings. The van der Waals surface area contributed by atoms with Crippen LogP contribution in [0.5, 0.6) is 0 Å². The van der Waals surface area contributed by atoms with Gasteiger partial charge in [0.15, 0.2) is 5.96 Å². The fraction of sp³-hybridized carbons (Fsp3) is 0.533. The summed E-state index contributed by atoms with van der Waals surface area (Å²) in [7, 11) is 0. The van der Waals surface area contributed by atoms with E-state index in [-0.39, 0.29) is 23.3 Å². The van der Waals surface area contributed by atoms with Crippen molar-refractivity contribution < 1.29 is 9.66 Å². The summed E-state index contributed by atoms with van der Waals surface area (Å²) in [5, 5.41) is 17.4. The van der Waals surface area contributed by atoms with Crippen molar-refractivity contribution >= 4 is 11.6 Å². The van der Waals surface area contributed by atoms with Gasteiger partial charge in [-0.1, -0.05) is 18.2 Å². The van der Waals surface area contributed by atoms with Crippen LogP contribution < -0.4 is 10.6 Å². The van der Waals surface area contributed by atoms with Crippen LogP contribution in [0.15, 0.2) is 29.3 Å². The van der Waals surface area contributed by atoms with Gasteiger partial charge in [0.1, 0.15) is 0 Å². The van der Waals surface area contributed by atoms with Crippen LogP contribution in [0.4, 0.5) is 5.69 Å². The molecule has 7 heteroatoms. The third-order valence-corrected chi connectivity index (χ3v) is 3.46. The van der Waals surface area contributed by atoms with E-state index >= 15 is 0 Å². The Labute approximate surface area is 129 Å². The van der Waals surface area contributed by atoms with Crippen molar-refractivity contribution in [2.75, 3.05) is 19.7 Å². The van der Waals surface area contributed by atoms with Crippen molar-refractivity contribution in [3.05, 3.63) is 39.9 Å². The number of nitro benzene ring substituents is 1. The molecule has 1 heterocycles. The van der Waals surface area contributed by atoms with Gasteiger partial charge in [0.25, 0.3) is 5.69 Å². The SMILES string of the molecule is CCNC(=NCc1ccccc1[N+](=O)[O-])NCC1CCCO1. The van der Waals surface area contributed by atoms with E-state index in [0.717, 1.165) is 26.0 Å². The molecule has 0 aliphatic carbocycles. The van der Waals surface area contributed by atoms with Gasteiger partial charge >= 0.3 is 0 Å². The molecule has 0 aromatic heterocycles.